The second kappa shape index (κ2) is 10.2. The van der Waals surface area contributed by atoms with Crippen LogP contribution in [0.4, 0.5) is 5.69 Å². The van der Waals surface area contributed by atoms with Crippen molar-refractivity contribution in [2.24, 2.45) is 0 Å². The number of ether oxygens (including phenoxy) is 1. The maximum atomic E-state index is 13.2. The minimum atomic E-state index is -4.04. The summed E-state index contributed by atoms with van der Waals surface area (Å²) in [6.45, 7) is 0.0432. The molecule has 3 N–H and O–H groups in total. The molecule has 0 spiro atoms. The summed E-state index contributed by atoms with van der Waals surface area (Å²) in [4.78, 5) is 35.3. The van der Waals surface area contributed by atoms with E-state index >= 15 is 0 Å². The number of pyridine rings is 1. The number of imidazole rings is 1. The average molecular weight is 492 g/mol. The second-order valence-electron chi connectivity index (χ2n) is 7.41. The van der Waals surface area contributed by atoms with Gasteiger partial charge in [0.1, 0.15) is 4.90 Å². The highest BCUT2D eigenvalue weighted by atomic mass is 32.2. The number of rotatable bonds is 8. The van der Waals surface area contributed by atoms with Crippen LogP contribution in [0.2, 0.25) is 0 Å². The van der Waals surface area contributed by atoms with E-state index in [2.05, 4.69) is 25.0 Å². The maximum absolute atomic E-state index is 13.2. The number of carbonyl (C=O) groups is 2. The number of hydrogen-bond donors (Lipinski definition) is 3. The molecule has 0 bridgehead atoms. The lowest BCUT2D eigenvalue weighted by Crippen LogP contribution is -2.21. The summed E-state index contributed by atoms with van der Waals surface area (Å²) in [5.41, 5.74) is 1.74. The SMILES string of the molecule is COC(=O)c1cc(CNC(=O)/C=C/c2cnc[nH]2)cc(NS(=O)(=O)c2cccc3cccnc23)c1. The third-order valence-corrected chi connectivity index (χ3v) is 6.36. The molecule has 11 heteroatoms. The minimum absolute atomic E-state index is 0.00197. The Morgan fingerprint density at radius 3 is 2.74 bits per heavy atom. The van der Waals surface area contributed by atoms with Crippen LogP contribution in [0, 0.1) is 0 Å². The van der Waals surface area contributed by atoms with E-state index in [-0.39, 0.29) is 28.6 Å². The van der Waals surface area contributed by atoms with E-state index in [4.69, 9.17) is 4.74 Å². The highest BCUT2D eigenvalue weighted by Gasteiger charge is 2.20. The summed E-state index contributed by atoms with van der Waals surface area (Å²) in [7, 11) is -2.82. The fourth-order valence-electron chi connectivity index (χ4n) is 3.36. The van der Waals surface area contributed by atoms with Crippen LogP contribution in [0.5, 0.6) is 0 Å². The first-order valence-electron chi connectivity index (χ1n) is 10.4. The Morgan fingerprint density at radius 2 is 1.97 bits per heavy atom. The van der Waals surface area contributed by atoms with Gasteiger partial charge in [-0.3, -0.25) is 14.5 Å². The number of amides is 1. The fourth-order valence-corrected chi connectivity index (χ4v) is 4.58. The van der Waals surface area contributed by atoms with Crippen molar-refractivity contribution in [1.82, 2.24) is 20.3 Å². The summed E-state index contributed by atoms with van der Waals surface area (Å²) >= 11 is 0. The predicted octanol–water partition coefficient (Wildman–Crippen LogP) is 2.87. The number of fused-ring (bicyclic) bond motifs is 1. The van der Waals surface area contributed by atoms with Crippen LogP contribution >= 0.6 is 0 Å². The van der Waals surface area contributed by atoms with Crippen LogP contribution in [0.15, 0.2) is 78.2 Å². The van der Waals surface area contributed by atoms with Crippen LogP contribution in [0.1, 0.15) is 21.6 Å². The first-order valence-corrected chi connectivity index (χ1v) is 11.9. The van der Waals surface area contributed by atoms with Gasteiger partial charge in [-0.05, 0) is 42.0 Å². The number of aromatic amines is 1. The number of methoxy groups -OCH3 is 1. The van der Waals surface area contributed by atoms with Crippen LogP contribution in [-0.2, 0) is 26.1 Å². The molecule has 0 aliphatic carbocycles. The van der Waals surface area contributed by atoms with E-state index in [0.29, 0.717) is 22.2 Å². The van der Waals surface area contributed by atoms with Gasteiger partial charge in [-0.1, -0.05) is 18.2 Å². The van der Waals surface area contributed by atoms with Gasteiger partial charge in [0, 0.05) is 24.2 Å². The van der Waals surface area contributed by atoms with Crippen molar-refractivity contribution in [2.45, 2.75) is 11.4 Å². The van der Waals surface area contributed by atoms with E-state index in [9.17, 15) is 18.0 Å². The largest absolute Gasteiger partial charge is 0.465 e. The van der Waals surface area contributed by atoms with E-state index in [1.807, 2.05) is 0 Å². The lowest BCUT2D eigenvalue weighted by molar-refractivity contribution is -0.116. The third kappa shape index (κ3) is 5.71. The second-order valence-corrected chi connectivity index (χ2v) is 9.06. The van der Waals surface area contributed by atoms with Gasteiger partial charge in [-0.2, -0.15) is 0 Å². The first-order chi connectivity index (χ1) is 16.9. The molecule has 0 aliphatic heterocycles. The van der Waals surface area contributed by atoms with Crippen molar-refractivity contribution >= 4 is 44.6 Å². The van der Waals surface area contributed by atoms with E-state index in [1.165, 1.54) is 50.0 Å². The van der Waals surface area contributed by atoms with Gasteiger partial charge in [0.25, 0.3) is 10.0 Å². The average Bonchev–Trinajstić information content (AvgIpc) is 3.38. The van der Waals surface area contributed by atoms with Crippen molar-refractivity contribution in [3.05, 3.63) is 90.1 Å². The molecule has 0 unspecified atom stereocenters. The number of nitrogens with zero attached hydrogens (tertiary/aromatic N) is 2. The zero-order chi connectivity index (χ0) is 24.8. The molecule has 2 aromatic carbocycles. The van der Waals surface area contributed by atoms with Gasteiger partial charge in [0.15, 0.2) is 0 Å². The molecule has 4 rings (SSSR count). The third-order valence-electron chi connectivity index (χ3n) is 4.95. The molecule has 0 fully saturated rings. The number of sulfonamides is 1. The zero-order valence-electron chi connectivity index (χ0n) is 18.6. The molecule has 0 aliphatic rings. The van der Waals surface area contributed by atoms with E-state index in [0.717, 1.165) is 0 Å². The fraction of sp³-hybridized carbons (Fsp3) is 0.0833. The molecule has 178 valence electrons. The number of esters is 1. The van der Waals surface area contributed by atoms with Gasteiger partial charge >= 0.3 is 5.97 Å². The molecule has 4 aromatic rings. The van der Waals surface area contributed by atoms with Crippen molar-refractivity contribution in [3.63, 3.8) is 0 Å². The van der Waals surface area contributed by atoms with E-state index in [1.54, 1.807) is 36.5 Å². The number of para-hydroxylation sites is 1. The lowest BCUT2D eigenvalue weighted by atomic mass is 10.1. The van der Waals surface area contributed by atoms with Crippen molar-refractivity contribution < 1.29 is 22.7 Å². The maximum Gasteiger partial charge on any atom is 0.337 e. The molecule has 10 nitrogen and oxygen atoms in total. The number of H-pyrrole nitrogens is 1. The summed E-state index contributed by atoms with van der Waals surface area (Å²) in [5.74, 6) is -1.03. The number of anilines is 1. The molecule has 35 heavy (non-hydrogen) atoms. The smallest absolute Gasteiger partial charge is 0.337 e. The number of carbonyl (C=O) groups excluding carboxylic acids is 2. The zero-order valence-corrected chi connectivity index (χ0v) is 19.4. The quantitative estimate of drug-likeness (QED) is 0.254. The van der Waals surface area contributed by atoms with Gasteiger partial charge in [0.05, 0.1) is 42.1 Å². The molecule has 2 aromatic heterocycles. The summed E-state index contributed by atoms with van der Waals surface area (Å²) in [6, 6.07) is 12.7. The Balaban J connectivity index is 1.59. The van der Waals surface area contributed by atoms with Crippen LogP contribution in [0.25, 0.3) is 17.0 Å². The Labute approximate surface area is 201 Å². The Kier molecular flexibility index (Phi) is 6.88. The highest BCUT2D eigenvalue weighted by Crippen LogP contribution is 2.24. The van der Waals surface area contributed by atoms with Crippen LogP contribution in [0.3, 0.4) is 0 Å². The number of aromatic nitrogens is 3. The monoisotopic (exact) mass is 491 g/mol. The van der Waals surface area contributed by atoms with Crippen molar-refractivity contribution in [3.8, 4) is 0 Å². The predicted molar refractivity (Wildman–Crippen MR) is 130 cm³/mol. The Bertz CT molecular complexity index is 1510. The van der Waals surface area contributed by atoms with Gasteiger partial charge in [-0.15, -0.1) is 0 Å². The number of hydrogen-bond acceptors (Lipinski definition) is 7. The standard InChI is InChI=1S/C24H21N5O5S/c1-34-24(31)18-10-16(13-27-22(30)8-7-19-14-25-15-28-19)11-20(12-18)29-35(32,33)21-6-2-4-17-5-3-9-26-23(17)21/h2-12,14-15,29H,13H2,1H3,(H,25,28)(H,27,30)/b8-7+. The molecule has 0 atom stereocenters. The number of nitrogens with one attached hydrogen (secondary N) is 3. The molecule has 2 heterocycles. The van der Waals surface area contributed by atoms with E-state index < -0.39 is 16.0 Å². The molecule has 1 amide bonds. The normalized spacial score (nSPS) is 11.5. The molecular weight excluding hydrogens is 470 g/mol. The molecule has 0 radical (unpaired) electrons. The first kappa shape index (κ1) is 23.6. The highest BCUT2D eigenvalue weighted by molar-refractivity contribution is 7.93. The van der Waals surface area contributed by atoms with Crippen molar-refractivity contribution in [2.75, 3.05) is 11.8 Å². The Morgan fingerprint density at radius 1 is 1.14 bits per heavy atom. The minimum Gasteiger partial charge on any atom is -0.465 e. The Hall–Kier alpha value is -4.51. The van der Waals surface area contributed by atoms with Gasteiger partial charge in [-0.25, -0.2) is 18.2 Å². The van der Waals surface area contributed by atoms with Crippen molar-refractivity contribution in [1.29, 1.82) is 0 Å². The molecular formula is C24H21N5O5S. The topological polar surface area (TPSA) is 143 Å². The van der Waals surface area contributed by atoms with Crippen LogP contribution in [-0.4, -0.2) is 42.4 Å². The summed E-state index contributed by atoms with van der Waals surface area (Å²) in [6.07, 6.45) is 7.46. The van der Waals surface area contributed by atoms with Crippen LogP contribution < -0.4 is 10.0 Å². The number of benzene rings is 2. The lowest BCUT2D eigenvalue weighted by Gasteiger charge is -2.13. The van der Waals surface area contributed by atoms with Gasteiger partial charge < -0.3 is 15.0 Å². The summed E-state index contributed by atoms with van der Waals surface area (Å²) in [5, 5.41) is 3.36. The van der Waals surface area contributed by atoms with Gasteiger partial charge in [0.2, 0.25) is 5.91 Å². The summed E-state index contributed by atoms with van der Waals surface area (Å²) < 4.78 is 33.7. The molecule has 0 saturated carbocycles. The molecule has 0 saturated heterocycles.